The van der Waals surface area contributed by atoms with Crippen molar-refractivity contribution in [2.75, 3.05) is 24.7 Å². The lowest BCUT2D eigenvalue weighted by atomic mass is 9.74. The topological polar surface area (TPSA) is 55.4 Å². The van der Waals surface area contributed by atoms with Crippen LogP contribution in [0.25, 0.3) is 0 Å². The van der Waals surface area contributed by atoms with Crippen molar-refractivity contribution in [3.63, 3.8) is 0 Å². The van der Waals surface area contributed by atoms with E-state index in [9.17, 15) is 8.42 Å². The van der Waals surface area contributed by atoms with Gasteiger partial charge in [-0.3, -0.25) is 0 Å². The number of sulfone groups is 1. The average Bonchev–Trinajstić information content (AvgIpc) is 2.27. The summed E-state index contributed by atoms with van der Waals surface area (Å²) in [5.41, 5.74) is 0.138. The van der Waals surface area contributed by atoms with Gasteiger partial charge in [0.25, 0.3) is 0 Å². The van der Waals surface area contributed by atoms with Crippen molar-refractivity contribution in [1.82, 2.24) is 5.32 Å². The fourth-order valence-corrected chi connectivity index (χ4v) is 3.40. The molecule has 5 heteroatoms. The second-order valence-electron chi connectivity index (χ2n) is 5.27. The van der Waals surface area contributed by atoms with Gasteiger partial charge in [-0.15, -0.1) is 0 Å². The van der Waals surface area contributed by atoms with Crippen LogP contribution in [0.5, 0.6) is 0 Å². The average molecular weight is 261 g/mol. The van der Waals surface area contributed by atoms with E-state index < -0.39 is 9.84 Å². The van der Waals surface area contributed by atoms with E-state index in [-0.39, 0.29) is 17.1 Å². The first-order valence-corrected chi connectivity index (χ1v) is 8.45. The molecule has 0 aromatic carbocycles. The molecule has 0 bridgehead atoms. The fourth-order valence-electron chi connectivity index (χ4n) is 2.68. The van der Waals surface area contributed by atoms with Crippen LogP contribution < -0.4 is 5.32 Å². The normalized spacial score (nSPS) is 27.9. The Morgan fingerprint density at radius 1 is 1.41 bits per heavy atom. The highest BCUT2D eigenvalue weighted by atomic mass is 32.2. The Labute approximate surface area is 104 Å². The fraction of sp³-hybridized carbons (Fsp3) is 1.00. The van der Waals surface area contributed by atoms with Gasteiger partial charge >= 0.3 is 0 Å². The maximum atomic E-state index is 11.4. The lowest BCUT2D eigenvalue weighted by Gasteiger charge is -2.47. The third-order valence-corrected chi connectivity index (χ3v) is 5.75. The van der Waals surface area contributed by atoms with Crippen molar-refractivity contribution < 1.29 is 13.2 Å². The van der Waals surface area contributed by atoms with Crippen molar-refractivity contribution in [3.05, 3.63) is 0 Å². The second kappa shape index (κ2) is 5.24. The van der Waals surface area contributed by atoms with Gasteiger partial charge in [-0.05, 0) is 32.1 Å². The van der Waals surface area contributed by atoms with E-state index in [1.165, 1.54) is 19.3 Å². The molecule has 4 nitrogen and oxygen atoms in total. The van der Waals surface area contributed by atoms with Crippen LogP contribution in [0, 0.1) is 0 Å². The molecular formula is C12H23NO3S. The molecule has 1 spiro atoms. The Balaban J connectivity index is 1.72. The maximum Gasteiger partial charge on any atom is 0.151 e. The Morgan fingerprint density at radius 3 is 2.76 bits per heavy atom. The summed E-state index contributed by atoms with van der Waals surface area (Å²) < 4.78 is 28.6. The van der Waals surface area contributed by atoms with E-state index in [1.54, 1.807) is 6.92 Å². The first-order chi connectivity index (χ1) is 8.05. The zero-order valence-electron chi connectivity index (χ0n) is 10.6. The number of hydrogen-bond donors (Lipinski definition) is 1. The minimum Gasteiger partial charge on any atom is -0.375 e. The number of rotatable bonds is 5. The Kier molecular flexibility index (Phi) is 4.10. The van der Waals surface area contributed by atoms with Gasteiger partial charge in [-0.25, -0.2) is 8.42 Å². The highest BCUT2D eigenvalue weighted by Gasteiger charge is 2.42. The molecule has 0 aromatic rings. The van der Waals surface area contributed by atoms with Crippen LogP contribution in [-0.2, 0) is 14.6 Å². The molecule has 1 saturated heterocycles. The predicted molar refractivity (Wildman–Crippen MR) is 67.9 cm³/mol. The monoisotopic (exact) mass is 261 g/mol. The van der Waals surface area contributed by atoms with Crippen molar-refractivity contribution in [2.45, 2.75) is 50.7 Å². The molecule has 0 aromatic heterocycles. The van der Waals surface area contributed by atoms with Gasteiger partial charge in [-0.2, -0.15) is 0 Å². The molecule has 1 aliphatic carbocycles. The van der Waals surface area contributed by atoms with Gasteiger partial charge in [0.05, 0.1) is 11.4 Å². The molecule has 0 radical (unpaired) electrons. The minimum absolute atomic E-state index is 0.138. The van der Waals surface area contributed by atoms with E-state index in [4.69, 9.17) is 4.74 Å². The van der Waals surface area contributed by atoms with E-state index in [2.05, 4.69) is 5.32 Å². The van der Waals surface area contributed by atoms with Gasteiger partial charge in [0, 0.05) is 24.9 Å². The SMILES string of the molecule is CCS(=O)(=O)CCNC1CCOC2(CCC2)C1. The maximum absolute atomic E-state index is 11.4. The van der Waals surface area contributed by atoms with Gasteiger partial charge in [0.15, 0.2) is 9.84 Å². The molecule has 100 valence electrons. The molecule has 2 fully saturated rings. The third-order valence-electron chi connectivity index (χ3n) is 4.04. The van der Waals surface area contributed by atoms with E-state index in [1.807, 2.05) is 0 Å². The minimum atomic E-state index is -2.83. The second-order valence-corrected chi connectivity index (χ2v) is 7.74. The van der Waals surface area contributed by atoms with E-state index in [0.29, 0.717) is 12.6 Å². The first-order valence-electron chi connectivity index (χ1n) is 6.63. The van der Waals surface area contributed by atoms with Crippen LogP contribution in [0.4, 0.5) is 0 Å². The summed E-state index contributed by atoms with van der Waals surface area (Å²) in [7, 11) is -2.83. The molecule has 0 amide bonds. The van der Waals surface area contributed by atoms with Crippen molar-refractivity contribution in [1.29, 1.82) is 0 Å². The number of nitrogens with one attached hydrogen (secondary N) is 1. The predicted octanol–water partition coefficient (Wildman–Crippen LogP) is 1.11. The summed E-state index contributed by atoms with van der Waals surface area (Å²) in [6, 6.07) is 0.441. The van der Waals surface area contributed by atoms with Gasteiger partial charge in [0.2, 0.25) is 0 Å². The quantitative estimate of drug-likeness (QED) is 0.805. The zero-order valence-corrected chi connectivity index (χ0v) is 11.4. The molecule has 1 saturated carbocycles. The Hall–Kier alpha value is -0.130. The largest absolute Gasteiger partial charge is 0.375 e. The first kappa shape index (κ1) is 13.3. The third kappa shape index (κ3) is 3.42. The lowest BCUT2D eigenvalue weighted by Crippen LogP contribution is -2.51. The molecule has 1 heterocycles. The van der Waals surface area contributed by atoms with Gasteiger partial charge in [-0.1, -0.05) is 6.92 Å². The molecule has 2 aliphatic rings. The van der Waals surface area contributed by atoms with Crippen LogP contribution in [0.15, 0.2) is 0 Å². The summed E-state index contributed by atoms with van der Waals surface area (Å²) in [5, 5.41) is 3.38. The molecule has 1 N–H and O–H groups in total. The van der Waals surface area contributed by atoms with Crippen molar-refractivity contribution >= 4 is 9.84 Å². The van der Waals surface area contributed by atoms with Crippen LogP contribution >= 0.6 is 0 Å². The number of ether oxygens (including phenoxy) is 1. The highest BCUT2D eigenvalue weighted by Crippen LogP contribution is 2.42. The van der Waals surface area contributed by atoms with Gasteiger partial charge < -0.3 is 10.1 Å². The zero-order chi connectivity index (χ0) is 12.4. The van der Waals surface area contributed by atoms with Crippen LogP contribution in [0.2, 0.25) is 0 Å². The summed E-state index contributed by atoms with van der Waals surface area (Å²) in [4.78, 5) is 0. The van der Waals surface area contributed by atoms with Crippen LogP contribution in [0.1, 0.15) is 39.0 Å². The van der Waals surface area contributed by atoms with Crippen LogP contribution in [-0.4, -0.2) is 44.7 Å². The molecule has 1 unspecified atom stereocenters. The summed E-state index contributed by atoms with van der Waals surface area (Å²) in [5.74, 6) is 0.500. The van der Waals surface area contributed by atoms with E-state index >= 15 is 0 Å². The highest BCUT2D eigenvalue weighted by molar-refractivity contribution is 7.91. The summed E-state index contributed by atoms with van der Waals surface area (Å²) >= 11 is 0. The summed E-state index contributed by atoms with van der Waals surface area (Å²) in [6.07, 6.45) is 5.70. The Bertz CT molecular complexity index is 349. The van der Waals surface area contributed by atoms with Gasteiger partial charge in [0.1, 0.15) is 0 Å². The standard InChI is InChI=1S/C12H23NO3S/c1-2-17(14,15)9-7-13-11-4-8-16-12(10-11)5-3-6-12/h11,13H,2-10H2,1H3. The van der Waals surface area contributed by atoms with E-state index in [0.717, 1.165) is 19.4 Å². The molecular weight excluding hydrogens is 238 g/mol. The molecule has 17 heavy (non-hydrogen) atoms. The molecule has 2 rings (SSSR count). The van der Waals surface area contributed by atoms with Crippen molar-refractivity contribution in [3.8, 4) is 0 Å². The lowest BCUT2D eigenvalue weighted by molar-refractivity contribution is -0.135. The number of hydrogen-bond acceptors (Lipinski definition) is 4. The molecule has 1 atom stereocenters. The smallest absolute Gasteiger partial charge is 0.151 e. The van der Waals surface area contributed by atoms with Crippen LogP contribution in [0.3, 0.4) is 0 Å². The Morgan fingerprint density at radius 2 is 2.18 bits per heavy atom. The molecule has 1 aliphatic heterocycles. The summed E-state index contributed by atoms with van der Waals surface area (Å²) in [6.45, 7) is 3.10. The van der Waals surface area contributed by atoms with Crippen molar-refractivity contribution in [2.24, 2.45) is 0 Å².